The van der Waals surface area contributed by atoms with Gasteiger partial charge in [0.25, 0.3) is 0 Å². The van der Waals surface area contributed by atoms with E-state index in [9.17, 15) is 5.11 Å². The number of aryl methyl sites for hydroxylation is 1. The van der Waals surface area contributed by atoms with Crippen molar-refractivity contribution in [2.75, 3.05) is 18.0 Å². The number of hydrogen-bond donors (Lipinski definition) is 1. The van der Waals surface area contributed by atoms with Crippen LogP contribution in [-0.4, -0.2) is 24.3 Å². The molecule has 0 saturated heterocycles. The van der Waals surface area contributed by atoms with Gasteiger partial charge in [-0.25, -0.2) is 0 Å². The summed E-state index contributed by atoms with van der Waals surface area (Å²) in [6, 6.07) is 14.2. The first-order valence-electron chi connectivity index (χ1n) is 8.52. The molecule has 0 aromatic heterocycles. The summed E-state index contributed by atoms with van der Waals surface area (Å²) < 4.78 is 6.15. The first-order valence-corrected chi connectivity index (χ1v) is 8.52. The fourth-order valence-corrected chi connectivity index (χ4v) is 3.18. The third-order valence-corrected chi connectivity index (χ3v) is 4.39. The van der Waals surface area contributed by atoms with Gasteiger partial charge in [0, 0.05) is 19.0 Å². The topological polar surface area (TPSA) is 32.7 Å². The van der Waals surface area contributed by atoms with E-state index in [4.69, 9.17) is 4.74 Å². The predicted octanol–water partition coefficient (Wildman–Crippen LogP) is 4.17. The Morgan fingerprint density at radius 2 is 1.83 bits per heavy atom. The molecule has 0 spiro atoms. The van der Waals surface area contributed by atoms with E-state index in [0.29, 0.717) is 0 Å². The lowest BCUT2D eigenvalue weighted by atomic mass is 10.0. The summed E-state index contributed by atoms with van der Waals surface area (Å²) in [7, 11) is 0. The average Bonchev–Trinajstić information content (AvgIpc) is 2.55. The Labute approximate surface area is 138 Å². The summed E-state index contributed by atoms with van der Waals surface area (Å²) in [6.07, 6.45) is 3.16. The third-order valence-electron chi connectivity index (χ3n) is 4.39. The molecule has 3 heteroatoms. The lowest BCUT2D eigenvalue weighted by molar-refractivity contribution is 0.193. The fourth-order valence-electron chi connectivity index (χ4n) is 3.18. The van der Waals surface area contributed by atoms with Gasteiger partial charge in [-0.1, -0.05) is 38.1 Å². The summed E-state index contributed by atoms with van der Waals surface area (Å²) >= 11 is 0. The van der Waals surface area contributed by atoms with Crippen LogP contribution in [0.25, 0.3) is 0 Å². The van der Waals surface area contributed by atoms with Crippen molar-refractivity contribution in [3.05, 3.63) is 53.6 Å². The number of rotatable bonds is 5. The highest BCUT2D eigenvalue weighted by atomic mass is 16.5. The van der Waals surface area contributed by atoms with Gasteiger partial charge in [-0.3, -0.25) is 0 Å². The van der Waals surface area contributed by atoms with Crippen LogP contribution in [0.4, 0.5) is 5.69 Å². The van der Waals surface area contributed by atoms with Crippen LogP contribution in [0, 0.1) is 0 Å². The first-order chi connectivity index (χ1) is 11.2. The highest BCUT2D eigenvalue weighted by molar-refractivity contribution is 5.62. The molecule has 0 fully saturated rings. The monoisotopic (exact) mass is 311 g/mol. The van der Waals surface area contributed by atoms with Crippen LogP contribution in [0.1, 0.15) is 31.4 Å². The van der Waals surface area contributed by atoms with Gasteiger partial charge >= 0.3 is 0 Å². The molecule has 122 valence electrons. The molecule has 1 unspecified atom stereocenters. The van der Waals surface area contributed by atoms with Crippen LogP contribution < -0.4 is 9.64 Å². The van der Waals surface area contributed by atoms with Crippen LogP contribution >= 0.6 is 0 Å². The Bertz CT molecular complexity index is 651. The molecular weight excluding hydrogens is 286 g/mol. The van der Waals surface area contributed by atoms with Crippen molar-refractivity contribution < 1.29 is 9.84 Å². The van der Waals surface area contributed by atoms with Gasteiger partial charge in [-0.15, -0.1) is 0 Å². The molecule has 0 radical (unpaired) electrons. The number of benzene rings is 2. The third kappa shape index (κ3) is 3.61. The number of fused-ring (bicyclic) bond motifs is 1. The highest BCUT2D eigenvalue weighted by Crippen LogP contribution is 2.36. The van der Waals surface area contributed by atoms with E-state index in [1.807, 2.05) is 6.07 Å². The van der Waals surface area contributed by atoms with Crippen molar-refractivity contribution in [3.8, 4) is 11.5 Å². The Morgan fingerprint density at radius 3 is 2.52 bits per heavy atom. The van der Waals surface area contributed by atoms with Gasteiger partial charge in [0.1, 0.15) is 17.6 Å². The molecule has 1 heterocycles. The first kappa shape index (κ1) is 15.7. The van der Waals surface area contributed by atoms with Crippen molar-refractivity contribution in [1.29, 1.82) is 0 Å². The molecule has 0 aliphatic carbocycles. The summed E-state index contributed by atoms with van der Waals surface area (Å²) in [5, 5.41) is 9.74. The molecule has 2 aromatic carbocycles. The van der Waals surface area contributed by atoms with Crippen LogP contribution in [-0.2, 0) is 12.8 Å². The summed E-state index contributed by atoms with van der Waals surface area (Å²) in [4.78, 5) is 2.36. The van der Waals surface area contributed by atoms with Gasteiger partial charge in [-0.05, 0) is 36.1 Å². The quantitative estimate of drug-likeness (QED) is 0.899. The van der Waals surface area contributed by atoms with E-state index in [2.05, 4.69) is 43.0 Å². The number of nitrogens with zero attached hydrogens (tertiary/aromatic N) is 1. The standard InChI is InChI=1S/C20H25NO2/c1-3-11-21-14-18(12-16-7-5-15(4-2)6-8-16)23-20-13-17(22)9-10-19(20)21/h5-10,13,18,22H,3-4,11-12,14H2,1-2H3. The molecular formula is C20H25NO2. The zero-order valence-corrected chi connectivity index (χ0v) is 14.0. The number of anilines is 1. The average molecular weight is 311 g/mol. The molecule has 1 aliphatic rings. The molecule has 0 saturated carbocycles. The van der Waals surface area contributed by atoms with Crippen LogP contribution in [0.2, 0.25) is 0 Å². The lowest BCUT2D eigenvalue weighted by Gasteiger charge is -2.36. The van der Waals surface area contributed by atoms with Gasteiger partial charge in [0.05, 0.1) is 12.2 Å². The maximum Gasteiger partial charge on any atom is 0.146 e. The van der Waals surface area contributed by atoms with Crippen molar-refractivity contribution >= 4 is 5.69 Å². The number of hydrogen-bond acceptors (Lipinski definition) is 3. The minimum absolute atomic E-state index is 0.114. The van der Waals surface area contributed by atoms with E-state index in [-0.39, 0.29) is 11.9 Å². The van der Waals surface area contributed by atoms with Gasteiger partial charge in [0.2, 0.25) is 0 Å². The van der Waals surface area contributed by atoms with Gasteiger partial charge in [0.15, 0.2) is 0 Å². The summed E-state index contributed by atoms with van der Waals surface area (Å²) in [6.45, 7) is 6.26. The minimum atomic E-state index is 0.114. The lowest BCUT2D eigenvalue weighted by Crippen LogP contribution is -2.41. The van der Waals surface area contributed by atoms with Gasteiger partial charge < -0.3 is 14.7 Å². The molecule has 1 aliphatic heterocycles. The second kappa shape index (κ2) is 6.95. The Kier molecular flexibility index (Phi) is 4.75. The van der Waals surface area contributed by atoms with E-state index in [1.165, 1.54) is 11.1 Å². The van der Waals surface area contributed by atoms with E-state index in [0.717, 1.165) is 43.8 Å². The fraction of sp³-hybridized carbons (Fsp3) is 0.400. The zero-order chi connectivity index (χ0) is 16.2. The molecule has 1 atom stereocenters. The van der Waals surface area contributed by atoms with Crippen molar-refractivity contribution in [2.24, 2.45) is 0 Å². The molecule has 1 N–H and O–H groups in total. The number of phenols is 1. The second-order valence-corrected chi connectivity index (χ2v) is 6.21. The van der Waals surface area contributed by atoms with Crippen molar-refractivity contribution in [1.82, 2.24) is 0 Å². The Balaban J connectivity index is 1.78. The van der Waals surface area contributed by atoms with E-state index >= 15 is 0 Å². The van der Waals surface area contributed by atoms with E-state index < -0.39 is 0 Å². The maximum absolute atomic E-state index is 9.74. The summed E-state index contributed by atoms with van der Waals surface area (Å²) in [5.74, 6) is 1.05. The SMILES string of the molecule is CCCN1CC(Cc2ccc(CC)cc2)Oc2cc(O)ccc21. The normalized spacial score (nSPS) is 16.8. The van der Waals surface area contributed by atoms with Crippen LogP contribution in [0.15, 0.2) is 42.5 Å². The number of phenolic OH excluding ortho intramolecular Hbond substituents is 1. The van der Waals surface area contributed by atoms with E-state index in [1.54, 1.807) is 12.1 Å². The smallest absolute Gasteiger partial charge is 0.146 e. The van der Waals surface area contributed by atoms with Crippen LogP contribution in [0.5, 0.6) is 11.5 Å². The predicted molar refractivity (Wildman–Crippen MR) is 94.6 cm³/mol. The molecule has 2 aromatic rings. The molecule has 3 nitrogen and oxygen atoms in total. The van der Waals surface area contributed by atoms with Crippen LogP contribution in [0.3, 0.4) is 0 Å². The maximum atomic E-state index is 9.74. The Morgan fingerprint density at radius 1 is 1.09 bits per heavy atom. The van der Waals surface area contributed by atoms with Crippen molar-refractivity contribution in [3.63, 3.8) is 0 Å². The van der Waals surface area contributed by atoms with Gasteiger partial charge in [-0.2, -0.15) is 0 Å². The second-order valence-electron chi connectivity index (χ2n) is 6.21. The molecule has 0 amide bonds. The number of aromatic hydroxyl groups is 1. The number of ether oxygens (including phenoxy) is 1. The highest BCUT2D eigenvalue weighted by Gasteiger charge is 2.25. The molecule has 0 bridgehead atoms. The van der Waals surface area contributed by atoms with Crippen molar-refractivity contribution in [2.45, 2.75) is 39.2 Å². The largest absolute Gasteiger partial charge is 0.508 e. The zero-order valence-electron chi connectivity index (χ0n) is 14.0. The molecule has 3 rings (SSSR count). The minimum Gasteiger partial charge on any atom is -0.508 e. The Hall–Kier alpha value is -2.16. The molecule has 23 heavy (non-hydrogen) atoms. The summed E-state index contributed by atoms with van der Waals surface area (Å²) in [5.41, 5.74) is 3.75.